The Bertz CT molecular complexity index is 1800. The summed E-state index contributed by atoms with van der Waals surface area (Å²) in [7, 11) is 1.56. The van der Waals surface area contributed by atoms with Crippen LogP contribution >= 0.6 is 0 Å². The summed E-state index contributed by atoms with van der Waals surface area (Å²) in [4.78, 5) is 55.1. The molecule has 15 nitrogen and oxygen atoms in total. The Labute approximate surface area is 352 Å². The van der Waals surface area contributed by atoms with Crippen LogP contribution in [-0.2, 0) is 60.6 Å². The van der Waals surface area contributed by atoms with E-state index >= 15 is 0 Å². The van der Waals surface area contributed by atoms with Gasteiger partial charge in [-0.15, -0.1) is 0 Å². The van der Waals surface area contributed by atoms with E-state index in [0.29, 0.717) is 12.8 Å². The van der Waals surface area contributed by atoms with Crippen LogP contribution in [0, 0.1) is 23.7 Å². The minimum atomic E-state index is -1.34. The number of rotatable bonds is 10. The molecule has 0 saturated carbocycles. The molecule has 60 heavy (non-hydrogen) atoms. The molecule has 1 amide bonds. The standard InChI is InChI=1S/C45H61NO14/c1-10-33-45(8,60-43(51)55-33)38-29(6)35-25(2)22-44(7,59-35)37(27(4)34(47)28(5)39(48)57-38)58-40-36(56-42(50)53-24-31-19-15-12-16-20-31)32(21-26(3)54-40)46(9)41(49)52-23-30-17-13-11-14-18-30/h11-20,25-29,32-38,40,47H,10,21-24H2,1-9H3/t25?,26-,27+,28-,29+,32+,33-,34+,35?,36-,37-,38-,40+,44-,45-/m1/s1. The Kier molecular flexibility index (Phi) is 14.0. The van der Waals surface area contributed by atoms with Crippen molar-refractivity contribution in [2.75, 3.05) is 7.05 Å². The van der Waals surface area contributed by atoms with Crippen molar-refractivity contribution in [3.05, 3.63) is 71.8 Å². The van der Waals surface area contributed by atoms with Crippen molar-refractivity contribution < 1.29 is 66.9 Å². The number of aliphatic hydroxyl groups is 1. The summed E-state index contributed by atoms with van der Waals surface area (Å²) < 4.78 is 55.2. The van der Waals surface area contributed by atoms with Crippen molar-refractivity contribution in [3.8, 4) is 0 Å². The molecule has 0 spiro atoms. The maximum Gasteiger partial charge on any atom is 0.509 e. The molecule has 2 bridgehead atoms. The van der Waals surface area contributed by atoms with Crippen LogP contribution in [0.15, 0.2) is 60.7 Å². The molecule has 4 aliphatic heterocycles. The van der Waals surface area contributed by atoms with Crippen LogP contribution in [0.2, 0.25) is 0 Å². The second-order valence-corrected chi connectivity index (χ2v) is 17.4. The first-order valence-electron chi connectivity index (χ1n) is 21.0. The molecule has 1 N–H and O–H groups in total. The number of esters is 1. The first-order valence-corrected chi connectivity index (χ1v) is 21.0. The van der Waals surface area contributed by atoms with Crippen molar-refractivity contribution in [2.45, 2.75) is 154 Å². The first kappa shape index (κ1) is 45.1. The molecule has 2 aromatic rings. The fourth-order valence-electron chi connectivity index (χ4n) is 9.62. The third-order valence-corrected chi connectivity index (χ3v) is 12.8. The number of carbonyl (C=O) groups is 4. The molecule has 4 saturated heterocycles. The normalized spacial score (nSPS) is 38.1. The molecule has 330 valence electrons. The summed E-state index contributed by atoms with van der Waals surface area (Å²) in [5.74, 6) is -3.20. The molecule has 0 radical (unpaired) electrons. The topological polar surface area (TPSA) is 175 Å². The number of hydrogen-bond donors (Lipinski definition) is 1. The lowest BCUT2D eigenvalue weighted by Crippen LogP contribution is -2.61. The number of ether oxygens (including phenoxy) is 9. The van der Waals surface area contributed by atoms with Crippen LogP contribution < -0.4 is 0 Å². The van der Waals surface area contributed by atoms with Crippen molar-refractivity contribution in [2.24, 2.45) is 23.7 Å². The van der Waals surface area contributed by atoms with Gasteiger partial charge in [0, 0.05) is 18.9 Å². The summed E-state index contributed by atoms with van der Waals surface area (Å²) in [5, 5.41) is 12.0. The predicted molar refractivity (Wildman–Crippen MR) is 214 cm³/mol. The zero-order valence-corrected chi connectivity index (χ0v) is 36.0. The van der Waals surface area contributed by atoms with Crippen LogP contribution in [0.5, 0.6) is 0 Å². The van der Waals surface area contributed by atoms with Gasteiger partial charge in [-0.3, -0.25) is 4.79 Å². The van der Waals surface area contributed by atoms with Crippen molar-refractivity contribution >= 4 is 24.4 Å². The molecule has 4 fully saturated rings. The number of benzene rings is 2. The van der Waals surface area contributed by atoms with Crippen molar-refractivity contribution in [3.63, 3.8) is 0 Å². The average molecular weight is 840 g/mol. The lowest BCUT2D eigenvalue weighted by atomic mass is 9.76. The fraction of sp³-hybridized carbons (Fsp3) is 0.644. The molecular formula is C45H61NO14. The lowest BCUT2D eigenvalue weighted by Gasteiger charge is -2.47. The molecule has 2 aromatic carbocycles. The number of cyclic esters (lactones) is 3. The fourth-order valence-corrected chi connectivity index (χ4v) is 9.62. The van der Waals surface area contributed by atoms with E-state index in [4.69, 9.17) is 42.6 Å². The van der Waals surface area contributed by atoms with E-state index in [9.17, 15) is 24.3 Å². The van der Waals surface area contributed by atoms with E-state index in [1.54, 1.807) is 27.8 Å². The van der Waals surface area contributed by atoms with Gasteiger partial charge in [0.05, 0.1) is 42.0 Å². The SMILES string of the molecule is CC[C@H]1OC(=O)O[C@@]1(C)[C@@H]1OC(=O)[C@H](C)[C@@H](O)[C@H](C)[C@@H](O[C@@H]2O[C@H](C)C[C@H](N(C)C(=O)OCc3ccccc3)[C@H]2OC(=O)OCc2ccccc2)[C@@]2(C)CC(C)C(O2)[C@@H]1C. The molecule has 15 heteroatoms. The minimum Gasteiger partial charge on any atom is -0.457 e. The van der Waals surface area contributed by atoms with Gasteiger partial charge in [-0.05, 0) is 64.0 Å². The Morgan fingerprint density at radius 2 is 1.50 bits per heavy atom. The van der Waals surface area contributed by atoms with E-state index in [1.165, 1.54) is 4.90 Å². The van der Waals surface area contributed by atoms with Crippen LogP contribution in [0.1, 0.15) is 85.8 Å². The van der Waals surface area contributed by atoms with Gasteiger partial charge in [0.25, 0.3) is 0 Å². The van der Waals surface area contributed by atoms with Crippen molar-refractivity contribution in [1.82, 2.24) is 4.90 Å². The summed E-state index contributed by atoms with van der Waals surface area (Å²) in [6.07, 6.45) is -8.97. The van der Waals surface area contributed by atoms with E-state index in [-0.39, 0.29) is 25.6 Å². The van der Waals surface area contributed by atoms with Crippen LogP contribution in [-0.4, -0.2) is 108 Å². The van der Waals surface area contributed by atoms with E-state index in [1.807, 2.05) is 95.3 Å². The molecule has 0 aliphatic carbocycles. The summed E-state index contributed by atoms with van der Waals surface area (Å²) in [6.45, 7) is 14.5. The molecule has 6 rings (SSSR count). The summed E-state index contributed by atoms with van der Waals surface area (Å²) >= 11 is 0. The van der Waals surface area contributed by atoms with Gasteiger partial charge in [-0.25, -0.2) is 14.4 Å². The van der Waals surface area contributed by atoms with E-state index < -0.39 is 108 Å². The molecule has 4 heterocycles. The Hall–Kier alpha value is -4.44. The van der Waals surface area contributed by atoms with Crippen LogP contribution in [0.25, 0.3) is 0 Å². The lowest BCUT2D eigenvalue weighted by molar-refractivity contribution is -0.301. The summed E-state index contributed by atoms with van der Waals surface area (Å²) in [5.41, 5.74) is -0.905. The third-order valence-electron chi connectivity index (χ3n) is 12.8. The summed E-state index contributed by atoms with van der Waals surface area (Å²) in [6, 6.07) is 17.6. The third kappa shape index (κ3) is 9.54. The zero-order chi connectivity index (χ0) is 43.5. The molecule has 4 aliphatic rings. The van der Waals surface area contributed by atoms with Gasteiger partial charge in [-0.2, -0.15) is 0 Å². The molecule has 2 unspecified atom stereocenters. The van der Waals surface area contributed by atoms with Gasteiger partial charge < -0.3 is 52.6 Å². The highest BCUT2D eigenvalue weighted by molar-refractivity contribution is 5.73. The number of nitrogens with zero attached hydrogens (tertiary/aromatic N) is 1. The highest BCUT2D eigenvalue weighted by Crippen LogP contribution is 2.49. The maximum atomic E-state index is 14.0. The smallest absolute Gasteiger partial charge is 0.457 e. The van der Waals surface area contributed by atoms with E-state index in [0.717, 1.165) is 11.1 Å². The quantitative estimate of drug-likeness (QED) is 0.192. The van der Waals surface area contributed by atoms with Gasteiger partial charge in [-0.1, -0.05) is 88.4 Å². The highest BCUT2D eigenvalue weighted by atomic mass is 16.8. The number of hydrogen-bond acceptors (Lipinski definition) is 14. The minimum absolute atomic E-state index is 0.0213. The second kappa shape index (κ2) is 18.7. The average Bonchev–Trinajstić information content (AvgIpc) is 3.72. The Morgan fingerprint density at radius 3 is 2.12 bits per heavy atom. The number of likely N-dealkylation sites (N-methyl/N-ethyl adjacent to an activating group) is 1. The highest BCUT2D eigenvalue weighted by Gasteiger charge is 2.61. The second-order valence-electron chi connectivity index (χ2n) is 17.4. The first-order chi connectivity index (χ1) is 28.4. The van der Waals surface area contributed by atoms with Gasteiger partial charge >= 0.3 is 24.4 Å². The zero-order valence-electron chi connectivity index (χ0n) is 36.0. The molecular weight excluding hydrogens is 778 g/mol. The number of carbonyl (C=O) groups excluding carboxylic acids is 4. The Morgan fingerprint density at radius 1 is 0.883 bits per heavy atom. The molecule has 15 atom stereocenters. The molecule has 0 aromatic heterocycles. The Balaban J connectivity index is 1.32. The van der Waals surface area contributed by atoms with Crippen LogP contribution in [0.3, 0.4) is 0 Å². The maximum absolute atomic E-state index is 14.0. The van der Waals surface area contributed by atoms with Crippen LogP contribution in [0.4, 0.5) is 14.4 Å². The number of aliphatic hydroxyl groups excluding tert-OH is 1. The van der Waals surface area contributed by atoms with Gasteiger partial charge in [0.15, 0.2) is 18.0 Å². The largest absolute Gasteiger partial charge is 0.509 e. The van der Waals surface area contributed by atoms with Gasteiger partial charge in [0.1, 0.15) is 25.4 Å². The van der Waals surface area contributed by atoms with Gasteiger partial charge in [0.2, 0.25) is 0 Å². The van der Waals surface area contributed by atoms with Crippen molar-refractivity contribution in [1.29, 1.82) is 0 Å². The predicted octanol–water partition coefficient (Wildman–Crippen LogP) is 6.95. The number of fused-ring (bicyclic) bond motifs is 2. The number of amides is 1. The monoisotopic (exact) mass is 839 g/mol. The van der Waals surface area contributed by atoms with E-state index in [2.05, 4.69) is 0 Å².